The molecule has 13 heteroatoms. The lowest BCUT2D eigenvalue weighted by molar-refractivity contribution is 0.0964. The summed E-state index contributed by atoms with van der Waals surface area (Å²) in [6.07, 6.45) is -1.98. The van der Waals surface area contributed by atoms with Gasteiger partial charge in [0.25, 0.3) is 12.3 Å². The lowest BCUT2D eigenvalue weighted by Crippen LogP contribution is -2.25. The Morgan fingerprint density at radius 2 is 1.62 bits per heavy atom. The predicted octanol–water partition coefficient (Wildman–Crippen LogP) is 7.55. The Morgan fingerprint density at radius 1 is 0.911 bits per heavy atom. The number of alkyl halides is 2. The summed E-state index contributed by atoms with van der Waals surface area (Å²) in [4.78, 5) is 17.3. The second-order valence-corrected chi connectivity index (χ2v) is 12.3. The van der Waals surface area contributed by atoms with Crippen LogP contribution in [-0.2, 0) is 10.0 Å². The van der Waals surface area contributed by atoms with Crippen LogP contribution in [0.1, 0.15) is 22.3 Å². The molecule has 0 aliphatic carbocycles. The molecule has 0 saturated heterocycles. The lowest BCUT2D eigenvalue weighted by Gasteiger charge is -2.21. The Bertz CT molecular complexity index is 2230. The van der Waals surface area contributed by atoms with Crippen LogP contribution in [0.2, 0.25) is 0 Å². The maximum Gasteiger partial charge on any atom is 0.263 e. The third kappa shape index (κ3) is 5.39. The largest absolute Gasteiger partial charge is 0.455 e. The highest BCUT2D eigenvalue weighted by Crippen LogP contribution is 2.43. The van der Waals surface area contributed by atoms with Gasteiger partial charge in [0.05, 0.1) is 17.5 Å². The normalized spacial score (nSPS) is 11.9. The van der Waals surface area contributed by atoms with Gasteiger partial charge in [-0.2, -0.15) is 0 Å². The number of aromatic nitrogens is 1. The summed E-state index contributed by atoms with van der Waals surface area (Å²) < 4.78 is 94.8. The van der Waals surface area contributed by atoms with Crippen molar-refractivity contribution in [1.82, 2.24) is 10.3 Å². The minimum absolute atomic E-state index is 0.0499. The van der Waals surface area contributed by atoms with Gasteiger partial charge in [-0.3, -0.25) is 9.10 Å². The fourth-order valence-corrected chi connectivity index (χ4v) is 5.56. The predicted molar refractivity (Wildman–Crippen MR) is 162 cm³/mol. The van der Waals surface area contributed by atoms with E-state index in [1.165, 1.54) is 80.8 Å². The third-order valence-corrected chi connectivity index (χ3v) is 8.53. The van der Waals surface area contributed by atoms with Crippen molar-refractivity contribution in [1.29, 1.82) is 0 Å². The van der Waals surface area contributed by atoms with Crippen LogP contribution in [0.25, 0.3) is 56.0 Å². The van der Waals surface area contributed by atoms with E-state index in [1.54, 1.807) is 0 Å². The number of anilines is 1. The van der Waals surface area contributed by atoms with Crippen molar-refractivity contribution in [3.05, 3.63) is 95.6 Å². The summed E-state index contributed by atoms with van der Waals surface area (Å²) in [5.41, 5.74) is 0.539. The molecule has 0 aliphatic heterocycles. The van der Waals surface area contributed by atoms with Gasteiger partial charge in [-0.05, 0) is 66.2 Å². The van der Waals surface area contributed by atoms with Crippen LogP contribution >= 0.6 is 0 Å². The number of fused-ring (bicyclic) bond motifs is 2. The highest BCUT2D eigenvalue weighted by molar-refractivity contribution is 7.92. The first kappa shape index (κ1) is 29.9. The molecule has 2 aromatic heterocycles. The van der Waals surface area contributed by atoms with Gasteiger partial charge in [0.1, 0.15) is 22.7 Å². The first-order chi connectivity index (χ1) is 21.3. The molecule has 0 atom stereocenters. The molecule has 0 bridgehead atoms. The second kappa shape index (κ2) is 11.1. The molecular weight excluding hydrogens is 614 g/mol. The molecule has 1 N–H and O–H groups in total. The number of nitrogens with zero attached hydrogens (tertiary/aromatic N) is 2. The quantitative estimate of drug-likeness (QED) is 0.181. The first-order valence-electron chi connectivity index (χ1n) is 13.4. The highest BCUT2D eigenvalue weighted by Gasteiger charge is 2.27. The number of sulfonamides is 1. The number of halogens is 4. The van der Waals surface area contributed by atoms with Gasteiger partial charge in [0, 0.05) is 47.8 Å². The average molecular weight is 638 g/mol. The van der Waals surface area contributed by atoms with Crippen LogP contribution in [0.4, 0.5) is 23.2 Å². The fourth-order valence-electron chi connectivity index (χ4n) is 5.05. The standard InChI is InChI=1S/C32H23F4N3O5S/c1-37-31(40)27-22-14-21(24(39(2)45(3,41)42)15-26(22)43-29(27)16-7-9-20(33)10-8-16)17-11-18(30(35)36)13-19(12-17)32-38-28-23(34)5-4-6-25(28)44-32/h4-15,30H,1-3H3,(H,37,40). The van der Waals surface area contributed by atoms with Crippen molar-refractivity contribution in [3.8, 4) is 33.9 Å². The molecule has 0 fully saturated rings. The molecule has 0 unspecified atom stereocenters. The number of carbonyl (C=O) groups excluding carboxylic acids is 1. The molecule has 0 saturated carbocycles. The molecule has 0 spiro atoms. The maximum absolute atomic E-state index is 14.4. The molecule has 1 amide bonds. The summed E-state index contributed by atoms with van der Waals surface area (Å²) in [5.74, 6) is -1.77. The number of hydrogen-bond donors (Lipinski definition) is 1. The molecule has 4 aromatic carbocycles. The van der Waals surface area contributed by atoms with Crippen LogP contribution in [0, 0.1) is 11.6 Å². The van der Waals surface area contributed by atoms with Crippen LogP contribution < -0.4 is 9.62 Å². The maximum atomic E-state index is 14.4. The van der Waals surface area contributed by atoms with Crippen molar-refractivity contribution < 1.29 is 39.6 Å². The van der Waals surface area contributed by atoms with Crippen molar-refractivity contribution in [2.75, 3.05) is 24.7 Å². The van der Waals surface area contributed by atoms with E-state index in [1.807, 2.05) is 0 Å². The number of carbonyl (C=O) groups is 1. The van der Waals surface area contributed by atoms with E-state index in [4.69, 9.17) is 8.83 Å². The number of hydrogen-bond acceptors (Lipinski definition) is 6. The van der Waals surface area contributed by atoms with Gasteiger partial charge < -0.3 is 14.2 Å². The lowest BCUT2D eigenvalue weighted by atomic mass is 9.95. The molecule has 45 heavy (non-hydrogen) atoms. The summed E-state index contributed by atoms with van der Waals surface area (Å²) >= 11 is 0. The summed E-state index contributed by atoms with van der Waals surface area (Å²) in [5, 5.41) is 2.78. The number of para-hydroxylation sites is 1. The number of furan rings is 1. The Kier molecular flexibility index (Phi) is 7.36. The van der Waals surface area contributed by atoms with Gasteiger partial charge in [-0.25, -0.2) is 31.0 Å². The summed E-state index contributed by atoms with van der Waals surface area (Å²) in [6, 6.07) is 16.0. The minimum Gasteiger partial charge on any atom is -0.455 e. The van der Waals surface area contributed by atoms with E-state index in [-0.39, 0.29) is 61.7 Å². The van der Waals surface area contributed by atoms with E-state index in [0.29, 0.717) is 5.56 Å². The Hall–Kier alpha value is -5.17. The molecule has 6 aromatic rings. The third-order valence-electron chi connectivity index (χ3n) is 7.34. The number of oxazole rings is 1. The van der Waals surface area contributed by atoms with Crippen LogP contribution in [0.5, 0.6) is 0 Å². The van der Waals surface area contributed by atoms with Crippen molar-refractivity contribution >= 4 is 43.7 Å². The molecule has 0 aliphatic rings. The number of amides is 1. The van der Waals surface area contributed by atoms with Gasteiger partial charge in [-0.1, -0.05) is 6.07 Å². The number of rotatable bonds is 7. The molecular formula is C32H23F4N3O5S. The van der Waals surface area contributed by atoms with Crippen molar-refractivity contribution in [3.63, 3.8) is 0 Å². The summed E-state index contributed by atoms with van der Waals surface area (Å²) in [7, 11) is -1.21. The van der Waals surface area contributed by atoms with Gasteiger partial charge in [-0.15, -0.1) is 0 Å². The van der Waals surface area contributed by atoms with E-state index in [0.717, 1.165) is 16.6 Å². The van der Waals surface area contributed by atoms with Gasteiger partial charge in [0.2, 0.25) is 15.9 Å². The SMILES string of the molecule is CNC(=O)c1c(-c2ccc(F)cc2)oc2cc(N(C)S(C)(=O)=O)c(-c3cc(-c4nc5c(F)cccc5o4)cc(C(F)F)c3)cc12. The zero-order chi connectivity index (χ0) is 32.2. The van der Waals surface area contributed by atoms with E-state index < -0.39 is 39.6 Å². The molecule has 0 radical (unpaired) electrons. The molecule has 230 valence electrons. The van der Waals surface area contributed by atoms with Crippen LogP contribution in [0.15, 0.2) is 81.6 Å². The first-order valence-corrected chi connectivity index (χ1v) is 15.2. The molecule has 6 rings (SSSR count). The smallest absolute Gasteiger partial charge is 0.263 e. The van der Waals surface area contributed by atoms with Crippen molar-refractivity contribution in [2.24, 2.45) is 0 Å². The average Bonchev–Trinajstić information content (AvgIpc) is 3.62. The zero-order valence-corrected chi connectivity index (χ0v) is 24.7. The van der Waals surface area contributed by atoms with Crippen LogP contribution in [-0.4, -0.2) is 39.7 Å². The Morgan fingerprint density at radius 3 is 2.27 bits per heavy atom. The van der Waals surface area contributed by atoms with E-state index >= 15 is 0 Å². The molecule has 8 nitrogen and oxygen atoms in total. The second-order valence-electron chi connectivity index (χ2n) is 10.2. The number of nitrogens with one attached hydrogen (secondary N) is 1. The highest BCUT2D eigenvalue weighted by atomic mass is 32.2. The van der Waals surface area contributed by atoms with Crippen LogP contribution in [0.3, 0.4) is 0 Å². The van der Waals surface area contributed by atoms with Crippen molar-refractivity contribution in [2.45, 2.75) is 6.43 Å². The van der Waals surface area contributed by atoms with E-state index in [2.05, 4.69) is 10.3 Å². The monoisotopic (exact) mass is 637 g/mol. The van der Waals surface area contributed by atoms with E-state index in [9.17, 15) is 30.8 Å². The van der Waals surface area contributed by atoms with Gasteiger partial charge >= 0.3 is 0 Å². The number of benzene rings is 4. The molecule has 2 heterocycles. The van der Waals surface area contributed by atoms with Gasteiger partial charge in [0.15, 0.2) is 11.4 Å². The fraction of sp³-hybridized carbons (Fsp3) is 0.125. The zero-order valence-electron chi connectivity index (χ0n) is 23.9. The minimum atomic E-state index is -3.90. The topological polar surface area (TPSA) is 106 Å². The Labute approximate surface area is 253 Å². The summed E-state index contributed by atoms with van der Waals surface area (Å²) in [6.45, 7) is 0. The Balaban J connectivity index is 1.66.